The molecule has 0 aromatic carbocycles. The molecule has 2 aliphatic rings. The molecule has 3 heteroatoms. The highest BCUT2D eigenvalue weighted by Crippen LogP contribution is 2.66. The van der Waals surface area contributed by atoms with Crippen LogP contribution in [0.15, 0.2) is 12.7 Å². The van der Waals surface area contributed by atoms with E-state index in [0.717, 1.165) is 12.3 Å². The Kier molecular flexibility index (Phi) is 3.30. The average molecular weight is 252 g/mol. The van der Waals surface area contributed by atoms with E-state index in [0.29, 0.717) is 5.41 Å². The maximum absolute atomic E-state index is 11.1. The van der Waals surface area contributed by atoms with Crippen molar-refractivity contribution < 1.29 is 14.3 Å². The fourth-order valence-corrected chi connectivity index (χ4v) is 3.81. The van der Waals surface area contributed by atoms with Gasteiger partial charge in [-0.15, -0.1) is 0 Å². The molecule has 0 heterocycles. The predicted octanol–water partition coefficient (Wildman–Crippen LogP) is 3.29. The molecule has 0 radical (unpaired) electrons. The minimum atomic E-state index is -0.493. The largest absolute Gasteiger partial charge is 0.433 e. The third kappa shape index (κ3) is 1.89. The summed E-state index contributed by atoms with van der Waals surface area (Å²) < 4.78 is 11.1. The van der Waals surface area contributed by atoms with E-state index < -0.39 is 12.3 Å². The van der Waals surface area contributed by atoms with Gasteiger partial charge in [-0.05, 0) is 42.9 Å². The molecule has 18 heavy (non-hydrogen) atoms. The van der Waals surface area contributed by atoms with Gasteiger partial charge in [0.25, 0.3) is 0 Å². The quantitative estimate of drug-likeness (QED) is 0.437. The van der Waals surface area contributed by atoms with E-state index >= 15 is 0 Å². The van der Waals surface area contributed by atoms with Crippen LogP contribution in [0.1, 0.15) is 47.0 Å². The van der Waals surface area contributed by atoms with Crippen LogP contribution in [0.3, 0.4) is 0 Å². The molecule has 2 saturated carbocycles. The lowest BCUT2D eigenvalue weighted by molar-refractivity contribution is -0.194. The van der Waals surface area contributed by atoms with Gasteiger partial charge in [-0.2, -0.15) is 0 Å². The fraction of sp³-hybridized carbons (Fsp3) is 0.800. The van der Waals surface area contributed by atoms with Crippen LogP contribution in [-0.4, -0.2) is 18.4 Å². The lowest BCUT2D eigenvalue weighted by atomic mass is 9.70. The van der Waals surface area contributed by atoms with Gasteiger partial charge >= 0.3 is 5.97 Å². The highest BCUT2D eigenvalue weighted by Gasteiger charge is 2.62. The molecule has 3 nitrogen and oxygen atoms in total. The zero-order chi connectivity index (χ0) is 13.6. The van der Waals surface area contributed by atoms with Crippen molar-refractivity contribution in [2.45, 2.75) is 59.4 Å². The van der Waals surface area contributed by atoms with Crippen molar-refractivity contribution in [3.63, 3.8) is 0 Å². The highest BCUT2D eigenvalue weighted by molar-refractivity contribution is 5.81. The molecule has 2 bridgehead atoms. The van der Waals surface area contributed by atoms with Crippen molar-refractivity contribution in [1.29, 1.82) is 0 Å². The van der Waals surface area contributed by atoms with Crippen molar-refractivity contribution in [2.24, 2.45) is 16.7 Å². The first kappa shape index (κ1) is 13.6. The van der Waals surface area contributed by atoms with Crippen molar-refractivity contribution >= 4 is 5.97 Å². The molecular formula is C15H24O3. The van der Waals surface area contributed by atoms with Crippen molar-refractivity contribution in [3.8, 4) is 0 Å². The number of hydrogen-bond donors (Lipinski definition) is 0. The van der Waals surface area contributed by atoms with Gasteiger partial charge in [-0.25, -0.2) is 4.79 Å². The molecule has 0 amide bonds. The molecule has 2 rings (SSSR count). The van der Waals surface area contributed by atoms with E-state index in [2.05, 4.69) is 27.4 Å². The van der Waals surface area contributed by atoms with E-state index in [9.17, 15) is 4.79 Å². The number of carbonyl (C=O) groups is 1. The zero-order valence-corrected chi connectivity index (χ0v) is 11.9. The van der Waals surface area contributed by atoms with Gasteiger partial charge in [0.15, 0.2) is 0 Å². The summed E-state index contributed by atoms with van der Waals surface area (Å²) in [5.41, 5.74) is 0.520. The molecule has 4 unspecified atom stereocenters. The first-order valence-electron chi connectivity index (χ1n) is 6.80. The fourth-order valence-electron chi connectivity index (χ4n) is 3.81. The standard InChI is InChI=1S/C15H24O3/c1-6-13(16)18-10(2)17-12-9-11-7-8-15(12,5)14(11,3)4/h6,10-12H,1,7-9H2,2-5H3. The number of fused-ring (bicyclic) bond motifs is 2. The summed E-state index contributed by atoms with van der Waals surface area (Å²) >= 11 is 0. The van der Waals surface area contributed by atoms with Gasteiger partial charge < -0.3 is 9.47 Å². The van der Waals surface area contributed by atoms with Crippen molar-refractivity contribution in [2.75, 3.05) is 0 Å². The minimum absolute atomic E-state index is 0.193. The summed E-state index contributed by atoms with van der Waals surface area (Å²) in [6.45, 7) is 12.2. The maximum Gasteiger partial charge on any atom is 0.332 e. The number of rotatable bonds is 4. The monoisotopic (exact) mass is 252 g/mol. The van der Waals surface area contributed by atoms with E-state index in [4.69, 9.17) is 9.47 Å². The lowest BCUT2D eigenvalue weighted by Crippen LogP contribution is -2.39. The Morgan fingerprint density at radius 2 is 2.11 bits per heavy atom. The highest BCUT2D eigenvalue weighted by atomic mass is 16.7. The SMILES string of the molecule is C=CC(=O)OC(C)OC1CC2CCC1(C)C2(C)C. The van der Waals surface area contributed by atoms with E-state index in [1.165, 1.54) is 18.9 Å². The molecule has 0 aliphatic heterocycles. The molecule has 0 aromatic rings. The van der Waals surface area contributed by atoms with Crippen LogP contribution >= 0.6 is 0 Å². The number of carbonyl (C=O) groups excluding carboxylic acids is 1. The van der Waals surface area contributed by atoms with Gasteiger partial charge in [-0.3, -0.25) is 0 Å². The van der Waals surface area contributed by atoms with Crippen LogP contribution in [-0.2, 0) is 14.3 Å². The van der Waals surface area contributed by atoms with Crippen LogP contribution in [0, 0.1) is 16.7 Å². The van der Waals surface area contributed by atoms with Crippen LogP contribution in [0.2, 0.25) is 0 Å². The van der Waals surface area contributed by atoms with Crippen LogP contribution < -0.4 is 0 Å². The van der Waals surface area contributed by atoms with Crippen LogP contribution in [0.4, 0.5) is 0 Å². The Labute approximate surface area is 110 Å². The second-order valence-corrected chi connectivity index (χ2v) is 6.44. The number of hydrogen-bond acceptors (Lipinski definition) is 3. The van der Waals surface area contributed by atoms with E-state index in [1.54, 1.807) is 6.92 Å². The summed E-state index contributed by atoms with van der Waals surface area (Å²) in [6, 6.07) is 0. The average Bonchev–Trinajstić information content (AvgIpc) is 2.61. The third-order valence-corrected chi connectivity index (χ3v) is 5.52. The lowest BCUT2D eigenvalue weighted by Gasteiger charge is -2.39. The first-order chi connectivity index (χ1) is 8.31. The zero-order valence-electron chi connectivity index (χ0n) is 11.9. The predicted molar refractivity (Wildman–Crippen MR) is 69.9 cm³/mol. The van der Waals surface area contributed by atoms with Crippen LogP contribution in [0.25, 0.3) is 0 Å². The van der Waals surface area contributed by atoms with Gasteiger partial charge in [0.2, 0.25) is 6.29 Å². The second kappa shape index (κ2) is 4.37. The van der Waals surface area contributed by atoms with Crippen molar-refractivity contribution in [1.82, 2.24) is 0 Å². The minimum Gasteiger partial charge on any atom is -0.433 e. The normalized spacial score (nSPS) is 38.4. The topological polar surface area (TPSA) is 35.5 Å². The van der Waals surface area contributed by atoms with E-state index in [-0.39, 0.29) is 11.5 Å². The first-order valence-corrected chi connectivity index (χ1v) is 6.80. The van der Waals surface area contributed by atoms with Gasteiger partial charge in [0.1, 0.15) is 0 Å². The smallest absolute Gasteiger partial charge is 0.332 e. The maximum atomic E-state index is 11.1. The summed E-state index contributed by atoms with van der Waals surface area (Å²) in [4.78, 5) is 11.1. The van der Waals surface area contributed by atoms with Crippen molar-refractivity contribution in [3.05, 3.63) is 12.7 Å². The van der Waals surface area contributed by atoms with E-state index in [1.807, 2.05) is 0 Å². The molecule has 0 aromatic heterocycles. The van der Waals surface area contributed by atoms with Gasteiger partial charge in [0, 0.05) is 6.08 Å². The molecule has 4 atom stereocenters. The number of ether oxygens (including phenoxy) is 2. The Morgan fingerprint density at radius 1 is 1.44 bits per heavy atom. The summed E-state index contributed by atoms with van der Waals surface area (Å²) in [5.74, 6) is 0.310. The Hall–Kier alpha value is -0.830. The molecule has 0 N–H and O–H groups in total. The third-order valence-electron chi connectivity index (χ3n) is 5.52. The Balaban J connectivity index is 2.00. The molecule has 2 fully saturated rings. The van der Waals surface area contributed by atoms with Gasteiger partial charge in [0.05, 0.1) is 6.10 Å². The molecule has 0 spiro atoms. The Bertz CT molecular complexity index is 361. The molecular weight excluding hydrogens is 228 g/mol. The molecule has 102 valence electrons. The van der Waals surface area contributed by atoms with Gasteiger partial charge in [-0.1, -0.05) is 27.4 Å². The second-order valence-electron chi connectivity index (χ2n) is 6.44. The summed E-state index contributed by atoms with van der Waals surface area (Å²) in [6.07, 6.45) is 4.46. The summed E-state index contributed by atoms with van der Waals surface area (Å²) in [7, 11) is 0. The molecule has 2 aliphatic carbocycles. The number of esters is 1. The summed E-state index contributed by atoms with van der Waals surface area (Å²) in [5, 5.41) is 0. The molecule has 0 saturated heterocycles. The Morgan fingerprint density at radius 3 is 2.56 bits per heavy atom. The van der Waals surface area contributed by atoms with Crippen LogP contribution in [0.5, 0.6) is 0 Å².